The maximum atomic E-state index is 14.2. The summed E-state index contributed by atoms with van der Waals surface area (Å²) in [7, 11) is 0. The third-order valence-electron chi connectivity index (χ3n) is 9.07. The van der Waals surface area contributed by atoms with Gasteiger partial charge in [-0.25, -0.2) is 13.6 Å². The Labute approximate surface area is 290 Å². The molecule has 0 unspecified atom stereocenters. The summed E-state index contributed by atoms with van der Waals surface area (Å²) in [6, 6.07) is 7.94. The van der Waals surface area contributed by atoms with Crippen LogP contribution in [0.25, 0.3) is 0 Å². The van der Waals surface area contributed by atoms with E-state index in [-0.39, 0.29) is 48.1 Å². The molecular formula is C38H44F2O10. The normalized spacial score (nSPS) is 20.2. The fourth-order valence-corrected chi connectivity index (χ4v) is 6.19. The number of esters is 5. The summed E-state index contributed by atoms with van der Waals surface area (Å²) in [5, 5.41) is 0. The molecule has 2 fully saturated rings. The summed E-state index contributed by atoms with van der Waals surface area (Å²) >= 11 is 0. The van der Waals surface area contributed by atoms with Crippen molar-refractivity contribution in [1.82, 2.24) is 0 Å². The van der Waals surface area contributed by atoms with Gasteiger partial charge in [-0.3, -0.25) is 19.2 Å². The number of unbranched alkanes of at least 4 members (excludes halogenated alkanes) is 1. The first-order valence-electron chi connectivity index (χ1n) is 17.3. The first-order chi connectivity index (χ1) is 24.1. The fourth-order valence-electron chi connectivity index (χ4n) is 6.19. The Morgan fingerprint density at radius 3 is 1.58 bits per heavy atom. The van der Waals surface area contributed by atoms with Crippen molar-refractivity contribution >= 4 is 29.8 Å². The molecule has 0 saturated heterocycles. The molecule has 2 aromatic rings. The Kier molecular flexibility index (Phi) is 14.5. The molecule has 0 N–H and O–H groups in total. The zero-order chi connectivity index (χ0) is 36.0. The van der Waals surface area contributed by atoms with Crippen molar-refractivity contribution in [2.45, 2.75) is 84.0 Å². The molecule has 50 heavy (non-hydrogen) atoms. The van der Waals surface area contributed by atoms with E-state index in [9.17, 15) is 32.8 Å². The second-order valence-electron chi connectivity index (χ2n) is 12.7. The molecule has 0 aromatic heterocycles. The van der Waals surface area contributed by atoms with Crippen LogP contribution in [0.3, 0.4) is 0 Å². The third-order valence-corrected chi connectivity index (χ3v) is 9.07. The molecule has 12 heteroatoms. The van der Waals surface area contributed by atoms with E-state index < -0.39 is 47.3 Å². The minimum absolute atomic E-state index is 0.106. The van der Waals surface area contributed by atoms with Gasteiger partial charge in [-0.2, -0.15) is 0 Å². The first kappa shape index (κ1) is 38.2. The SMILES string of the molecule is C=CC(=O)OCCCCOC(=O)C1CCC(C(=O)Oc2ccc(OC(=O)C3CCC(C(=O)Oc4cc(F)cc(F)c4CCC)CC3)cc2)CC1. The van der Waals surface area contributed by atoms with Crippen LogP contribution in [0.1, 0.15) is 83.1 Å². The van der Waals surface area contributed by atoms with E-state index in [1.807, 2.05) is 6.92 Å². The molecule has 2 aliphatic rings. The average Bonchev–Trinajstić information content (AvgIpc) is 3.11. The lowest BCUT2D eigenvalue weighted by molar-refractivity contribution is -0.152. The van der Waals surface area contributed by atoms with Gasteiger partial charge >= 0.3 is 29.8 Å². The molecule has 0 amide bonds. The number of benzene rings is 2. The molecule has 4 rings (SSSR count). The maximum Gasteiger partial charge on any atom is 0.330 e. The van der Waals surface area contributed by atoms with Gasteiger partial charge in [0.05, 0.1) is 36.9 Å². The summed E-state index contributed by atoms with van der Waals surface area (Å²) in [5.74, 6) is -4.84. The highest BCUT2D eigenvalue weighted by Gasteiger charge is 2.34. The van der Waals surface area contributed by atoms with Gasteiger partial charge in [0.25, 0.3) is 0 Å². The van der Waals surface area contributed by atoms with Gasteiger partial charge in [0.2, 0.25) is 0 Å². The maximum absolute atomic E-state index is 14.2. The zero-order valence-corrected chi connectivity index (χ0v) is 28.3. The quantitative estimate of drug-likeness (QED) is 0.0829. The summed E-state index contributed by atoms with van der Waals surface area (Å²) in [4.78, 5) is 61.8. The van der Waals surface area contributed by atoms with E-state index >= 15 is 0 Å². The second-order valence-corrected chi connectivity index (χ2v) is 12.7. The molecule has 0 spiro atoms. The largest absolute Gasteiger partial charge is 0.465 e. The Bertz CT molecular complexity index is 1510. The van der Waals surface area contributed by atoms with Crippen LogP contribution in [0, 0.1) is 35.3 Å². The van der Waals surface area contributed by atoms with Gasteiger partial charge in [-0.15, -0.1) is 0 Å². The summed E-state index contributed by atoms with van der Waals surface area (Å²) < 4.78 is 54.8. The summed E-state index contributed by atoms with van der Waals surface area (Å²) in [5.41, 5.74) is 0.165. The van der Waals surface area contributed by atoms with Crippen molar-refractivity contribution in [3.8, 4) is 17.2 Å². The summed E-state index contributed by atoms with van der Waals surface area (Å²) in [6.45, 7) is 5.64. The molecule has 2 aromatic carbocycles. The van der Waals surface area contributed by atoms with Gasteiger partial charge in [0.15, 0.2) is 0 Å². The van der Waals surface area contributed by atoms with Crippen LogP contribution >= 0.6 is 0 Å². The minimum atomic E-state index is -0.821. The third kappa shape index (κ3) is 11.2. The van der Waals surface area contributed by atoms with E-state index in [0.29, 0.717) is 82.8 Å². The van der Waals surface area contributed by atoms with Gasteiger partial charge in [-0.1, -0.05) is 19.9 Å². The van der Waals surface area contributed by atoms with Gasteiger partial charge < -0.3 is 23.7 Å². The van der Waals surface area contributed by atoms with E-state index in [1.54, 1.807) is 0 Å². The molecular weight excluding hydrogens is 654 g/mol. The first-order valence-corrected chi connectivity index (χ1v) is 17.3. The van der Waals surface area contributed by atoms with Crippen LogP contribution in [0.5, 0.6) is 17.2 Å². The van der Waals surface area contributed by atoms with Gasteiger partial charge in [-0.05, 0) is 94.9 Å². The van der Waals surface area contributed by atoms with E-state index in [4.69, 9.17) is 23.7 Å². The molecule has 2 saturated carbocycles. The van der Waals surface area contributed by atoms with Crippen LogP contribution < -0.4 is 14.2 Å². The van der Waals surface area contributed by atoms with Crippen LogP contribution in [-0.2, 0) is 39.9 Å². The van der Waals surface area contributed by atoms with Crippen molar-refractivity contribution in [3.63, 3.8) is 0 Å². The lowest BCUT2D eigenvalue weighted by Crippen LogP contribution is -2.30. The lowest BCUT2D eigenvalue weighted by atomic mass is 9.82. The van der Waals surface area contributed by atoms with Crippen molar-refractivity contribution in [2.24, 2.45) is 23.7 Å². The minimum Gasteiger partial charge on any atom is -0.465 e. The number of carbonyl (C=O) groups excluding carboxylic acids is 5. The summed E-state index contributed by atoms with van der Waals surface area (Å²) in [6.07, 6.45) is 6.68. The van der Waals surface area contributed by atoms with E-state index in [0.717, 1.165) is 18.2 Å². The van der Waals surface area contributed by atoms with Crippen molar-refractivity contribution in [3.05, 3.63) is 66.3 Å². The number of rotatable bonds is 15. The Morgan fingerprint density at radius 1 is 0.680 bits per heavy atom. The van der Waals surface area contributed by atoms with Crippen molar-refractivity contribution < 1.29 is 56.4 Å². The molecule has 10 nitrogen and oxygen atoms in total. The monoisotopic (exact) mass is 698 g/mol. The highest BCUT2D eigenvalue weighted by molar-refractivity contribution is 5.81. The fraction of sp³-hybridized carbons (Fsp3) is 0.500. The van der Waals surface area contributed by atoms with E-state index in [1.165, 1.54) is 24.3 Å². The van der Waals surface area contributed by atoms with Gasteiger partial charge in [0.1, 0.15) is 28.9 Å². The van der Waals surface area contributed by atoms with Crippen LogP contribution in [0.4, 0.5) is 8.78 Å². The molecule has 0 aliphatic heterocycles. The molecule has 270 valence electrons. The molecule has 2 aliphatic carbocycles. The Morgan fingerprint density at radius 2 is 1.12 bits per heavy atom. The number of hydrogen-bond acceptors (Lipinski definition) is 10. The van der Waals surface area contributed by atoms with Crippen LogP contribution in [0.15, 0.2) is 49.1 Å². The smallest absolute Gasteiger partial charge is 0.330 e. The Hall–Kier alpha value is -4.61. The Balaban J connectivity index is 1.14. The number of ether oxygens (including phenoxy) is 5. The highest BCUT2D eigenvalue weighted by atomic mass is 19.1. The molecule has 0 radical (unpaired) electrons. The van der Waals surface area contributed by atoms with Crippen LogP contribution in [0.2, 0.25) is 0 Å². The van der Waals surface area contributed by atoms with Crippen LogP contribution in [-0.4, -0.2) is 43.1 Å². The topological polar surface area (TPSA) is 132 Å². The molecule has 0 bridgehead atoms. The highest BCUT2D eigenvalue weighted by Crippen LogP contribution is 2.34. The molecule has 0 heterocycles. The van der Waals surface area contributed by atoms with E-state index in [2.05, 4.69) is 6.58 Å². The standard InChI is InChI=1S/C38H44F2O10/c1-3-7-31-32(40)22-28(39)23-33(31)50-38(45)27-14-12-26(13-15-27)37(44)49-30-18-16-29(17-19-30)48-36(43)25-10-8-24(9-11-25)35(42)47-21-6-5-20-46-34(41)4-2/h4,16-19,22-27H,2-3,5-15,20-21H2,1H3. The second kappa shape index (κ2) is 19.0. The number of carbonyl (C=O) groups is 5. The average molecular weight is 699 g/mol. The predicted molar refractivity (Wildman–Crippen MR) is 176 cm³/mol. The van der Waals surface area contributed by atoms with Crippen molar-refractivity contribution in [1.29, 1.82) is 0 Å². The van der Waals surface area contributed by atoms with Gasteiger partial charge in [0, 0.05) is 23.8 Å². The lowest BCUT2D eigenvalue weighted by Gasteiger charge is -2.26. The number of halogens is 2. The zero-order valence-electron chi connectivity index (χ0n) is 28.3. The van der Waals surface area contributed by atoms with Crippen molar-refractivity contribution in [2.75, 3.05) is 13.2 Å². The number of hydrogen-bond donors (Lipinski definition) is 0. The molecule has 0 atom stereocenters. The predicted octanol–water partition coefficient (Wildman–Crippen LogP) is 7.00.